The fourth-order valence-corrected chi connectivity index (χ4v) is 2.17. The molecule has 0 aromatic carbocycles. The van der Waals surface area contributed by atoms with Crippen molar-refractivity contribution in [2.45, 2.75) is 0 Å². The molecule has 0 amide bonds. The van der Waals surface area contributed by atoms with Crippen LogP contribution in [0.5, 0.6) is 0 Å². The van der Waals surface area contributed by atoms with Gasteiger partial charge in [0.15, 0.2) is 0 Å². The highest BCUT2D eigenvalue weighted by Gasteiger charge is 2.08. The predicted molar refractivity (Wildman–Crippen MR) is 50.3 cm³/mol. The molecule has 6 heteroatoms. The van der Waals surface area contributed by atoms with Crippen LogP contribution in [0.4, 0.5) is 0 Å². The highest BCUT2D eigenvalue weighted by atomic mass is 79.9. The molecule has 0 radical (unpaired) electrons. The second-order valence-electron chi connectivity index (χ2n) is 1.97. The van der Waals surface area contributed by atoms with Crippen molar-refractivity contribution in [3.8, 4) is 10.7 Å². The van der Waals surface area contributed by atoms with Crippen LogP contribution in [0.25, 0.3) is 10.7 Å². The van der Waals surface area contributed by atoms with Gasteiger partial charge in [-0.2, -0.15) is 4.98 Å². The first-order chi connectivity index (χ1) is 5.75. The van der Waals surface area contributed by atoms with Gasteiger partial charge in [-0.25, -0.2) is 0 Å². The second-order valence-corrected chi connectivity index (χ2v) is 4.76. The molecule has 12 heavy (non-hydrogen) atoms. The molecule has 2 aromatic heterocycles. The van der Waals surface area contributed by atoms with Gasteiger partial charge in [0, 0.05) is 0 Å². The molecule has 0 N–H and O–H groups in total. The lowest BCUT2D eigenvalue weighted by atomic mass is 10.4. The second kappa shape index (κ2) is 3.16. The molecule has 2 heterocycles. The lowest BCUT2D eigenvalue weighted by Crippen LogP contribution is -1.72. The maximum Gasteiger partial charge on any atom is 0.320 e. The van der Waals surface area contributed by atoms with E-state index >= 15 is 0 Å². The van der Waals surface area contributed by atoms with Crippen LogP contribution in [0.2, 0.25) is 5.35 Å². The Morgan fingerprint density at radius 2 is 2.33 bits per heavy atom. The Kier molecular flexibility index (Phi) is 2.16. The van der Waals surface area contributed by atoms with Crippen molar-refractivity contribution in [2.75, 3.05) is 0 Å². The fourth-order valence-electron chi connectivity index (χ4n) is 0.740. The molecule has 0 saturated heterocycles. The third kappa shape index (κ3) is 1.53. The topological polar surface area (TPSA) is 38.9 Å². The first-order valence-electron chi connectivity index (χ1n) is 3.00. The molecular formula is C6H2BrClN2OS. The number of thiophene rings is 1. The Labute approximate surface area is 85.5 Å². The van der Waals surface area contributed by atoms with Crippen molar-refractivity contribution in [3.63, 3.8) is 0 Å². The molecule has 0 saturated carbocycles. The van der Waals surface area contributed by atoms with Crippen molar-refractivity contribution in [3.05, 3.63) is 21.3 Å². The quantitative estimate of drug-likeness (QED) is 0.795. The minimum Gasteiger partial charge on any atom is -0.321 e. The summed E-state index contributed by atoms with van der Waals surface area (Å²) < 4.78 is 5.65. The highest BCUT2D eigenvalue weighted by Crippen LogP contribution is 2.29. The Bertz CT molecular complexity index is 361. The Balaban J connectivity index is 2.43. The molecule has 0 aliphatic rings. The lowest BCUT2D eigenvalue weighted by Gasteiger charge is -1.80. The van der Waals surface area contributed by atoms with Crippen molar-refractivity contribution in [1.29, 1.82) is 0 Å². The van der Waals surface area contributed by atoms with Crippen LogP contribution < -0.4 is 0 Å². The zero-order chi connectivity index (χ0) is 8.55. The summed E-state index contributed by atoms with van der Waals surface area (Å²) in [5.74, 6) is 0.524. The van der Waals surface area contributed by atoms with Gasteiger partial charge in [0.1, 0.15) is 0 Å². The molecule has 0 spiro atoms. The first kappa shape index (κ1) is 8.22. The highest BCUT2D eigenvalue weighted by molar-refractivity contribution is 9.11. The number of nitrogens with zero attached hydrogens (tertiary/aromatic N) is 2. The van der Waals surface area contributed by atoms with Crippen LogP contribution in [-0.4, -0.2) is 10.1 Å². The van der Waals surface area contributed by atoms with Gasteiger partial charge < -0.3 is 4.52 Å². The van der Waals surface area contributed by atoms with Crippen LogP contribution in [0.1, 0.15) is 0 Å². The van der Waals surface area contributed by atoms with E-state index in [-0.39, 0.29) is 5.35 Å². The summed E-state index contributed by atoms with van der Waals surface area (Å²) >= 11 is 10.3. The summed E-state index contributed by atoms with van der Waals surface area (Å²) in [6.45, 7) is 0. The average Bonchev–Trinajstić information content (AvgIpc) is 2.58. The summed E-state index contributed by atoms with van der Waals surface area (Å²) in [6.07, 6.45) is 0. The number of hydrogen-bond acceptors (Lipinski definition) is 4. The van der Waals surface area contributed by atoms with Gasteiger partial charge in [-0.05, 0) is 39.7 Å². The average molecular weight is 266 g/mol. The zero-order valence-corrected chi connectivity index (χ0v) is 8.78. The number of halogens is 2. The van der Waals surface area contributed by atoms with Crippen molar-refractivity contribution in [1.82, 2.24) is 10.1 Å². The van der Waals surface area contributed by atoms with E-state index in [0.29, 0.717) is 5.82 Å². The van der Waals surface area contributed by atoms with E-state index < -0.39 is 0 Å². The molecule has 2 rings (SSSR count). The van der Waals surface area contributed by atoms with Gasteiger partial charge in [0.2, 0.25) is 5.82 Å². The molecule has 0 aliphatic heterocycles. The summed E-state index contributed by atoms with van der Waals surface area (Å²) in [5, 5.41) is 3.74. The third-order valence-corrected chi connectivity index (χ3v) is 2.97. The molecule has 0 aliphatic carbocycles. The van der Waals surface area contributed by atoms with E-state index in [1.807, 2.05) is 12.1 Å². The molecule has 2 aromatic rings. The van der Waals surface area contributed by atoms with Gasteiger partial charge in [-0.1, -0.05) is 5.16 Å². The number of rotatable bonds is 1. The fraction of sp³-hybridized carbons (Fsp3) is 0. The van der Waals surface area contributed by atoms with Crippen molar-refractivity contribution in [2.24, 2.45) is 0 Å². The van der Waals surface area contributed by atoms with Gasteiger partial charge >= 0.3 is 5.35 Å². The summed E-state index contributed by atoms with van der Waals surface area (Å²) in [5.41, 5.74) is 0. The maximum absolute atomic E-state index is 5.47. The molecule has 0 fully saturated rings. The maximum atomic E-state index is 5.47. The van der Waals surface area contributed by atoms with Crippen LogP contribution in [0.15, 0.2) is 20.4 Å². The SMILES string of the molecule is Clc1nc(-c2ccc(Br)s2)no1. The summed E-state index contributed by atoms with van der Waals surface area (Å²) in [4.78, 5) is 4.80. The Hall–Kier alpha value is -0.390. The number of aromatic nitrogens is 2. The molecule has 3 nitrogen and oxygen atoms in total. The third-order valence-electron chi connectivity index (χ3n) is 1.19. The van der Waals surface area contributed by atoms with E-state index in [1.165, 1.54) is 11.3 Å². The molecule has 62 valence electrons. The number of hydrogen-bond donors (Lipinski definition) is 0. The first-order valence-corrected chi connectivity index (χ1v) is 4.99. The normalized spacial score (nSPS) is 10.5. The van der Waals surface area contributed by atoms with Crippen LogP contribution in [-0.2, 0) is 0 Å². The van der Waals surface area contributed by atoms with E-state index in [0.717, 1.165) is 8.66 Å². The minimum absolute atomic E-state index is 0.0644. The smallest absolute Gasteiger partial charge is 0.320 e. The van der Waals surface area contributed by atoms with E-state index in [9.17, 15) is 0 Å². The van der Waals surface area contributed by atoms with Gasteiger partial charge in [-0.3, -0.25) is 0 Å². The van der Waals surface area contributed by atoms with Gasteiger partial charge in [0.25, 0.3) is 0 Å². The zero-order valence-electron chi connectivity index (χ0n) is 5.62. The Morgan fingerprint density at radius 1 is 1.50 bits per heavy atom. The van der Waals surface area contributed by atoms with Crippen molar-refractivity contribution < 1.29 is 4.52 Å². The van der Waals surface area contributed by atoms with Crippen LogP contribution in [0.3, 0.4) is 0 Å². The van der Waals surface area contributed by atoms with Crippen LogP contribution in [0, 0.1) is 0 Å². The van der Waals surface area contributed by atoms with E-state index in [4.69, 9.17) is 11.6 Å². The van der Waals surface area contributed by atoms with Crippen molar-refractivity contribution >= 4 is 38.9 Å². The summed E-state index contributed by atoms with van der Waals surface area (Å²) in [6, 6.07) is 3.82. The summed E-state index contributed by atoms with van der Waals surface area (Å²) in [7, 11) is 0. The largest absolute Gasteiger partial charge is 0.321 e. The van der Waals surface area contributed by atoms with E-state index in [2.05, 4.69) is 30.6 Å². The van der Waals surface area contributed by atoms with Gasteiger partial charge in [0.05, 0.1) is 8.66 Å². The Morgan fingerprint density at radius 3 is 2.83 bits per heavy atom. The molecular weight excluding hydrogens is 264 g/mol. The lowest BCUT2D eigenvalue weighted by molar-refractivity contribution is 0.421. The molecule has 0 atom stereocenters. The predicted octanol–water partition coefficient (Wildman–Crippen LogP) is 3.21. The van der Waals surface area contributed by atoms with E-state index in [1.54, 1.807) is 0 Å². The minimum atomic E-state index is 0.0644. The monoisotopic (exact) mass is 264 g/mol. The van der Waals surface area contributed by atoms with Crippen LogP contribution >= 0.6 is 38.9 Å². The standard InChI is InChI=1S/C6H2BrClN2OS/c7-4-2-1-3(12-4)5-9-6(8)11-10-5/h1-2H. The molecule has 0 bridgehead atoms. The molecule has 0 unspecified atom stereocenters. The van der Waals surface area contributed by atoms with Gasteiger partial charge in [-0.15, -0.1) is 11.3 Å².